The molecular formula is C16H28Cl2IN5O3S. The van der Waals surface area contributed by atoms with Crippen molar-refractivity contribution in [2.45, 2.75) is 32.6 Å². The van der Waals surface area contributed by atoms with Crippen LogP contribution in [0.3, 0.4) is 0 Å². The highest BCUT2D eigenvalue weighted by molar-refractivity contribution is 14.0. The molecule has 0 aliphatic carbocycles. The fraction of sp³-hybridized carbons (Fsp3) is 0.688. The number of hydrogen-bond acceptors (Lipinski definition) is 4. The predicted molar refractivity (Wildman–Crippen MR) is 124 cm³/mol. The maximum atomic E-state index is 12.5. The summed E-state index contributed by atoms with van der Waals surface area (Å²) < 4.78 is 34.0. The first-order valence-corrected chi connectivity index (χ1v) is 11.1. The molecule has 8 nitrogen and oxygen atoms in total. The molecule has 1 fully saturated rings. The van der Waals surface area contributed by atoms with E-state index in [-0.39, 0.29) is 48.5 Å². The molecule has 1 aliphatic rings. The van der Waals surface area contributed by atoms with Gasteiger partial charge in [0.25, 0.3) is 0 Å². The summed E-state index contributed by atoms with van der Waals surface area (Å²) in [5, 5.41) is 7.10. The molecule has 2 atom stereocenters. The second-order valence-electron chi connectivity index (χ2n) is 6.58. The smallest absolute Gasteiger partial charge is 0.216 e. The van der Waals surface area contributed by atoms with Crippen molar-refractivity contribution in [3.8, 4) is 0 Å². The first-order chi connectivity index (χ1) is 12.6. The van der Waals surface area contributed by atoms with Crippen LogP contribution in [0, 0.1) is 0 Å². The van der Waals surface area contributed by atoms with E-state index in [0.717, 1.165) is 5.69 Å². The van der Waals surface area contributed by atoms with Crippen molar-refractivity contribution >= 4 is 63.2 Å². The minimum atomic E-state index is -3.36. The molecule has 2 heterocycles. The standard InChI is InChI=1S/C16H27Cl2N5O3S.HI/c1-11-9-23(10-12(2)26-11)27(24,25)6-5-20-16(19-3)21-8-13-7-14(17)15(18)22(13)4;/h7,11-12H,5-6,8-10H2,1-4H3,(H2,19,20,21);1H. The summed E-state index contributed by atoms with van der Waals surface area (Å²) in [4.78, 5) is 4.11. The highest BCUT2D eigenvalue weighted by Crippen LogP contribution is 2.24. The highest BCUT2D eigenvalue weighted by Gasteiger charge is 2.30. The number of halogens is 3. The Hall–Kier alpha value is -0.270. The van der Waals surface area contributed by atoms with Crippen molar-refractivity contribution in [3.63, 3.8) is 0 Å². The topological polar surface area (TPSA) is 88.0 Å². The molecule has 2 unspecified atom stereocenters. The van der Waals surface area contributed by atoms with Crippen LogP contribution in [0.4, 0.5) is 0 Å². The summed E-state index contributed by atoms with van der Waals surface area (Å²) in [6.07, 6.45) is -0.204. The van der Waals surface area contributed by atoms with Gasteiger partial charge in [-0.1, -0.05) is 23.2 Å². The van der Waals surface area contributed by atoms with Crippen molar-refractivity contribution in [3.05, 3.63) is 21.9 Å². The number of aromatic nitrogens is 1. The van der Waals surface area contributed by atoms with Crippen LogP contribution in [-0.4, -0.2) is 67.9 Å². The van der Waals surface area contributed by atoms with Gasteiger partial charge in [0.05, 0.1) is 29.5 Å². The molecule has 0 radical (unpaired) electrons. The average molecular weight is 568 g/mol. The number of sulfonamides is 1. The Bertz CT molecular complexity index is 777. The van der Waals surface area contributed by atoms with Crippen molar-refractivity contribution in [1.82, 2.24) is 19.5 Å². The predicted octanol–water partition coefficient (Wildman–Crippen LogP) is 2.05. The van der Waals surface area contributed by atoms with E-state index in [0.29, 0.717) is 35.8 Å². The summed E-state index contributed by atoms with van der Waals surface area (Å²) in [6.45, 7) is 5.22. The quantitative estimate of drug-likeness (QED) is 0.312. The molecule has 0 saturated carbocycles. The van der Waals surface area contributed by atoms with Gasteiger partial charge in [-0.2, -0.15) is 4.31 Å². The van der Waals surface area contributed by atoms with Crippen LogP contribution in [-0.2, 0) is 28.4 Å². The molecule has 2 rings (SSSR count). The average Bonchev–Trinajstić information content (AvgIpc) is 2.84. The Labute approximate surface area is 194 Å². The van der Waals surface area contributed by atoms with E-state index in [4.69, 9.17) is 27.9 Å². The molecule has 1 aromatic heterocycles. The van der Waals surface area contributed by atoms with Gasteiger partial charge in [0.15, 0.2) is 5.96 Å². The van der Waals surface area contributed by atoms with Crippen LogP contribution in [0.5, 0.6) is 0 Å². The van der Waals surface area contributed by atoms with Gasteiger partial charge in [-0.15, -0.1) is 24.0 Å². The second kappa shape index (κ2) is 11.2. The molecule has 0 amide bonds. The lowest BCUT2D eigenvalue weighted by Crippen LogP contribution is -2.50. The van der Waals surface area contributed by atoms with Crippen molar-refractivity contribution in [2.75, 3.05) is 32.4 Å². The van der Waals surface area contributed by atoms with Gasteiger partial charge in [-0.05, 0) is 19.9 Å². The molecule has 1 aromatic rings. The Morgan fingerprint density at radius 1 is 1.29 bits per heavy atom. The summed E-state index contributed by atoms with van der Waals surface area (Å²) >= 11 is 12.1. The number of hydrogen-bond donors (Lipinski definition) is 2. The van der Waals surface area contributed by atoms with E-state index in [1.807, 2.05) is 20.9 Å². The molecule has 0 spiro atoms. The fourth-order valence-corrected chi connectivity index (χ4v) is 4.85. The van der Waals surface area contributed by atoms with E-state index < -0.39 is 10.0 Å². The minimum Gasteiger partial charge on any atom is -0.373 e. The van der Waals surface area contributed by atoms with Crippen LogP contribution in [0.15, 0.2) is 11.1 Å². The Balaban J connectivity index is 0.00000392. The number of nitrogens with one attached hydrogen (secondary N) is 2. The lowest BCUT2D eigenvalue weighted by atomic mass is 10.3. The number of morpholine rings is 1. The molecular weight excluding hydrogens is 540 g/mol. The molecule has 28 heavy (non-hydrogen) atoms. The third-order valence-corrected chi connectivity index (χ3v) is 6.96. The van der Waals surface area contributed by atoms with Gasteiger partial charge in [0.2, 0.25) is 10.0 Å². The molecule has 2 N–H and O–H groups in total. The number of rotatable bonds is 6. The fourth-order valence-electron chi connectivity index (χ4n) is 2.94. The summed E-state index contributed by atoms with van der Waals surface area (Å²) in [7, 11) is 0.0828. The zero-order chi connectivity index (χ0) is 20.2. The molecule has 1 saturated heterocycles. The van der Waals surface area contributed by atoms with Gasteiger partial charge in [-0.25, -0.2) is 8.42 Å². The van der Waals surface area contributed by atoms with Crippen LogP contribution >= 0.6 is 47.2 Å². The molecule has 0 bridgehead atoms. The summed E-state index contributed by atoms with van der Waals surface area (Å²) in [6, 6.07) is 1.77. The molecule has 12 heteroatoms. The lowest BCUT2D eigenvalue weighted by Gasteiger charge is -2.34. The Morgan fingerprint density at radius 2 is 1.89 bits per heavy atom. The van der Waals surface area contributed by atoms with Crippen LogP contribution in [0.25, 0.3) is 0 Å². The van der Waals surface area contributed by atoms with Crippen molar-refractivity contribution in [2.24, 2.45) is 12.0 Å². The van der Waals surface area contributed by atoms with Crippen molar-refractivity contribution in [1.29, 1.82) is 0 Å². The maximum absolute atomic E-state index is 12.5. The van der Waals surface area contributed by atoms with Gasteiger partial charge < -0.3 is 19.9 Å². The van der Waals surface area contributed by atoms with Gasteiger partial charge in [-0.3, -0.25) is 4.99 Å². The number of aliphatic imine (C=N–C) groups is 1. The second-order valence-corrected chi connectivity index (χ2v) is 9.43. The summed E-state index contributed by atoms with van der Waals surface area (Å²) in [5.41, 5.74) is 0.886. The van der Waals surface area contributed by atoms with E-state index in [9.17, 15) is 8.42 Å². The Kier molecular flexibility index (Phi) is 10.3. The number of ether oxygens (including phenoxy) is 1. The zero-order valence-corrected chi connectivity index (χ0v) is 21.1. The zero-order valence-electron chi connectivity index (χ0n) is 16.4. The van der Waals surface area contributed by atoms with Gasteiger partial charge in [0, 0.05) is 39.4 Å². The monoisotopic (exact) mass is 567 g/mol. The SMILES string of the molecule is CN=C(NCCS(=O)(=O)N1CC(C)OC(C)C1)NCc1cc(Cl)c(Cl)n1C.I. The third kappa shape index (κ3) is 6.91. The van der Waals surface area contributed by atoms with Crippen LogP contribution < -0.4 is 10.6 Å². The molecule has 1 aliphatic heterocycles. The minimum absolute atomic E-state index is 0. The van der Waals surface area contributed by atoms with Gasteiger partial charge in [0.1, 0.15) is 5.15 Å². The van der Waals surface area contributed by atoms with E-state index in [2.05, 4.69) is 15.6 Å². The van der Waals surface area contributed by atoms with Crippen LogP contribution in [0.2, 0.25) is 10.2 Å². The van der Waals surface area contributed by atoms with Gasteiger partial charge >= 0.3 is 0 Å². The summed E-state index contributed by atoms with van der Waals surface area (Å²) in [5.74, 6) is 0.483. The van der Waals surface area contributed by atoms with E-state index in [1.165, 1.54) is 4.31 Å². The van der Waals surface area contributed by atoms with E-state index >= 15 is 0 Å². The highest BCUT2D eigenvalue weighted by atomic mass is 127. The van der Waals surface area contributed by atoms with E-state index in [1.54, 1.807) is 17.7 Å². The largest absolute Gasteiger partial charge is 0.373 e. The maximum Gasteiger partial charge on any atom is 0.216 e. The third-order valence-electron chi connectivity index (χ3n) is 4.31. The number of guanidine groups is 1. The van der Waals surface area contributed by atoms with Crippen molar-refractivity contribution < 1.29 is 13.2 Å². The lowest BCUT2D eigenvalue weighted by molar-refractivity contribution is -0.0440. The van der Waals surface area contributed by atoms with Crippen LogP contribution in [0.1, 0.15) is 19.5 Å². The Morgan fingerprint density at radius 3 is 2.39 bits per heavy atom. The normalized spacial score (nSPS) is 21.3. The molecule has 0 aromatic carbocycles. The first-order valence-electron chi connectivity index (χ1n) is 8.71. The molecule has 162 valence electrons. The number of nitrogens with zero attached hydrogens (tertiary/aromatic N) is 3. The first kappa shape index (κ1) is 25.8.